The number of rotatable bonds is 3. The predicted octanol–water partition coefficient (Wildman–Crippen LogP) is 3.08. The van der Waals surface area contributed by atoms with Crippen molar-refractivity contribution in [2.45, 2.75) is 25.2 Å². The Bertz CT molecular complexity index is 391. The Balaban J connectivity index is 2.94. The minimum Gasteiger partial charge on any atom is -0.398 e. The summed E-state index contributed by atoms with van der Waals surface area (Å²) in [4.78, 5) is 1.08. The van der Waals surface area contributed by atoms with Crippen molar-refractivity contribution in [1.82, 2.24) is 0 Å². The molecule has 0 aliphatic heterocycles. The van der Waals surface area contributed by atoms with Crippen LogP contribution in [0.15, 0.2) is 23.1 Å². The summed E-state index contributed by atoms with van der Waals surface area (Å²) in [7, 11) is 0. The third kappa shape index (κ3) is 3.17. The molecule has 2 N–H and O–H groups in total. The quantitative estimate of drug-likeness (QED) is 0.629. The van der Waals surface area contributed by atoms with Gasteiger partial charge in [0.05, 0.1) is 11.5 Å². The minimum absolute atomic E-state index is 0.314. The smallest absolute Gasteiger partial charge is 0.0687 e. The number of nitrogens with zero attached hydrogens (tertiary/aromatic N) is 1. The number of nitrogens with two attached hydrogens (primary N) is 1. The van der Waals surface area contributed by atoms with Crippen LogP contribution < -0.4 is 5.73 Å². The summed E-state index contributed by atoms with van der Waals surface area (Å²) in [6, 6.07) is 8.28. The van der Waals surface area contributed by atoms with Crippen molar-refractivity contribution in [2.24, 2.45) is 5.41 Å². The van der Waals surface area contributed by atoms with E-state index in [4.69, 9.17) is 11.0 Å². The molecule has 0 bridgehead atoms. The number of nitriles is 1. The fourth-order valence-electron chi connectivity index (χ4n) is 1.42. The van der Waals surface area contributed by atoms with Gasteiger partial charge in [-0.05, 0) is 44.2 Å². The zero-order valence-electron chi connectivity index (χ0n) is 9.37. The molecule has 3 heteroatoms. The molecule has 0 aliphatic carbocycles. The first-order valence-corrected chi connectivity index (χ1v) is 6.04. The van der Waals surface area contributed by atoms with Gasteiger partial charge in [-0.15, -0.1) is 11.8 Å². The molecular formula is C12H16N2S. The molecule has 0 atom stereocenters. The SMILES string of the molecule is CSc1cc(CC(C)(C)C#N)ccc1N. The normalized spacial score (nSPS) is 11.1. The van der Waals surface area contributed by atoms with Gasteiger partial charge in [-0.1, -0.05) is 6.07 Å². The predicted molar refractivity (Wildman–Crippen MR) is 65.7 cm³/mol. The number of benzene rings is 1. The molecule has 0 saturated carbocycles. The maximum absolute atomic E-state index is 8.96. The van der Waals surface area contributed by atoms with Crippen LogP contribution in [-0.2, 0) is 6.42 Å². The summed E-state index contributed by atoms with van der Waals surface area (Å²) in [5.41, 5.74) is 7.47. The first kappa shape index (κ1) is 11.9. The molecule has 0 radical (unpaired) electrons. The van der Waals surface area contributed by atoms with Crippen molar-refractivity contribution in [3.05, 3.63) is 23.8 Å². The number of anilines is 1. The summed E-state index contributed by atoms with van der Waals surface area (Å²) in [5.74, 6) is 0. The Morgan fingerprint density at radius 3 is 2.67 bits per heavy atom. The highest BCUT2D eigenvalue weighted by Crippen LogP contribution is 2.27. The van der Waals surface area contributed by atoms with Crippen LogP contribution in [0.25, 0.3) is 0 Å². The van der Waals surface area contributed by atoms with Gasteiger partial charge in [0.25, 0.3) is 0 Å². The van der Waals surface area contributed by atoms with Gasteiger partial charge in [-0.25, -0.2) is 0 Å². The third-order valence-corrected chi connectivity index (χ3v) is 3.04. The molecule has 0 fully saturated rings. The average molecular weight is 220 g/mol. The van der Waals surface area contributed by atoms with Crippen LogP contribution in [-0.4, -0.2) is 6.26 Å². The van der Waals surface area contributed by atoms with Crippen molar-refractivity contribution in [1.29, 1.82) is 5.26 Å². The topological polar surface area (TPSA) is 49.8 Å². The second-order valence-electron chi connectivity index (χ2n) is 4.25. The van der Waals surface area contributed by atoms with E-state index in [1.165, 1.54) is 5.56 Å². The fourth-order valence-corrected chi connectivity index (χ4v) is 1.99. The molecule has 0 saturated heterocycles. The highest BCUT2D eigenvalue weighted by Gasteiger charge is 2.17. The van der Waals surface area contributed by atoms with Gasteiger partial charge < -0.3 is 5.73 Å². The largest absolute Gasteiger partial charge is 0.398 e. The summed E-state index contributed by atoms with van der Waals surface area (Å²) in [5, 5.41) is 8.96. The first-order valence-electron chi connectivity index (χ1n) is 4.82. The van der Waals surface area contributed by atoms with Crippen LogP contribution in [0.4, 0.5) is 5.69 Å². The van der Waals surface area contributed by atoms with E-state index in [9.17, 15) is 0 Å². The molecule has 2 nitrogen and oxygen atoms in total. The van der Waals surface area contributed by atoms with E-state index in [2.05, 4.69) is 12.1 Å². The lowest BCUT2D eigenvalue weighted by Crippen LogP contribution is -2.11. The molecule has 1 aromatic rings. The molecule has 0 aromatic heterocycles. The van der Waals surface area contributed by atoms with E-state index >= 15 is 0 Å². The van der Waals surface area contributed by atoms with Crippen molar-refractivity contribution < 1.29 is 0 Å². The summed E-state index contributed by atoms with van der Waals surface area (Å²) >= 11 is 1.64. The lowest BCUT2D eigenvalue weighted by atomic mass is 9.87. The van der Waals surface area contributed by atoms with Crippen molar-refractivity contribution >= 4 is 17.4 Å². The molecule has 15 heavy (non-hydrogen) atoms. The van der Waals surface area contributed by atoms with E-state index in [0.29, 0.717) is 0 Å². The lowest BCUT2D eigenvalue weighted by Gasteiger charge is -2.15. The van der Waals surface area contributed by atoms with Crippen LogP contribution in [0.5, 0.6) is 0 Å². The summed E-state index contributed by atoms with van der Waals surface area (Å²) < 4.78 is 0. The first-order chi connectivity index (χ1) is 6.98. The van der Waals surface area contributed by atoms with Crippen molar-refractivity contribution in [3.63, 3.8) is 0 Å². The Labute approximate surface area is 95.5 Å². The maximum atomic E-state index is 8.96. The van der Waals surface area contributed by atoms with E-state index in [-0.39, 0.29) is 5.41 Å². The number of thioether (sulfide) groups is 1. The van der Waals surface area contributed by atoms with E-state index in [0.717, 1.165) is 17.0 Å². The molecule has 1 aromatic carbocycles. The van der Waals surface area contributed by atoms with Crippen LogP contribution in [0, 0.1) is 16.7 Å². The summed E-state index contributed by atoms with van der Waals surface area (Å²) in [6.07, 6.45) is 2.77. The van der Waals surface area contributed by atoms with Crippen molar-refractivity contribution in [2.75, 3.05) is 12.0 Å². The molecule has 0 unspecified atom stereocenters. The fraction of sp³-hybridized carbons (Fsp3) is 0.417. The molecule has 0 aliphatic rings. The Hall–Kier alpha value is -1.14. The van der Waals surface area contributed by atoms with Gasteiger partial charge >= 0.3 is 0 Å². The summed E-state index contributed by atoms with van der Waals surface area (Å²) in [6.45, 7) is 3.89. The third-order valence-electron chi connectivity index (χ3n) is 2.25. The second-order valence-corrected chi connectivity index (χ2v) is 5.10. The van der Waals surface area contributed by atoms with Gasteiger partial charge in [0.1, 0.15) is 0 Å². The standard InChI is InChI=1S/C12H16N2S/c1-12(2,8-13)7-9-4-5-10(14)11(6-9)15-3/h4-6H,7,14H2,1-3H3. The highest BCUT2D eigenvalue weighted by molar-refractivity contribution is 7.98. The zero-order chi connectivity index (χ0) is 11.5. The maximum Gasteiger partial charge on any atom is 0.0687 e. The Morgan fingerprint density at radius 2 is 2.13 bits per heavy atom. The van der Waals surface area contributed by atoms with Gasteiger partial charge in [0.2, 0.25) is 0 Å². The molecule has 1 rings (SSSR count). The van der Waals surface area contributed by atoms with Crippen LogP contribution in [0.1, 0.15) is 19.4 Å². The monoisotopic (exact) mass is 220 g/mol. The van der Waals surface area contributed by atoms with E-state index in [1.54, 1.807) is 11.8 Å². The average Bonchev–Trinajstić information content (AvgIpc) is 2.20. The van der Waals surface area contributed by atoms with Crippen LogP contribution in [0.3, 0.4) is 0 Å². The molecular weight excluding hydrogens is 204 g/mol. The van der Waals surface area contributed by atoms with Gasteiger partial charge in [0.15, 0.2) is 0 Å². The Kier molecular flexibility index (Phi) is 3.65. The Morgan fingerprint density at radius 1 is 1.47 bits per heavy atom. The van der Waals surface area contributed by atoms with Crippen LogP contribution >= 0.6 is 11.8 Å². The number of nitrogen functional groups attached to an aromatic ring is 1. The van der Waals surface area contributed by atoms with Gasteiger partial charge in [-0.3, -0.25) is 0 Å². The van der Waals surface area contributed by atoms with Crippen LogP contribution in [0.2, 0.25) is 0 Å². The molecule has 0 heterocycles. The minimum atomic E-state index is -0.314. The van der Waals surface area contributed by atoms with Crippen molar-refractivity contribution in [3.8, 4) is 6.07 Å². The molecule has 80 valence electrons. The second kappa shape index (κ2) is 4.59. The van der Waals surface area contributed by atoms with E-state index in [1.807, 2.05) is 32.2 Å². The number of hydrogen-bond acceptors (Lipinski definition) is 3. The molecule has 0 spiro atoms. The zero-order valence-corrected chi connectivity index (χ0v) is 10.2. The lowest BCUT2D eigenvalue weighted by molar-refractivity contribution is 0.493. The number of hydrogen-bond donors (Lipinski definition) is 1. The van der Waals surface area contributed by atoms with Gasteiger partial charge in [-0.2, -0.15) is 5.26 Å². The van der Waals surface area contributed by atoms with E-state index < -0.39 is 0 Å². The molecule has 0 amide bonds. The van der Waals surface area contributed by atoms with Gasteiger partial charge in [0, 0.05) is 10.6 Å². The highest BCUT2D eigenvalue weighted by atomic mass is 32.2.